The van der Waals surface area contributed by atoms with Crippen molar-refractivity contribution in [2.45, 2.75) is 58.5 Å². The molecule has 0 radical (unpaired) electrons. The van der Waals surface area contributed by atoms with Gasteiger partial charge in [-0.1, -0.05) is 32.8 Å². The molecule has 0 bridgehead atoms. The molecule has 0 saturated carbocycles. The molecule has 2 unspecified atom stereocenters. The molecule has 1 N–H and O–H groups in total. The lowest BCUT2D eigenvalue weighted by atomic mass is 10.1. The van der Waals surface area contributed by atoms with Crippen LogP contribution in [0.2, 0.25) is 0 Å². The van der Waals surface area contributed by atoms with Gasteiger partial charge in [0, 0.05) is 10.9 Å². The van der Waals surface area contributed by atoms with Crippen molar-refractivity contribution in [2.24, 2.45) is 0 Å². The highest BCUT2D eigenvalue weighted by Crippen LogP contribution is 2.24. The van der Waals surface area contributed by atoms with Crippen LogP contribution in [0.4, 0.5) is 0 Å². The number of carbonyl (C=O) groups is 1. The molecule has 2 atom stereocenters. The van der Waals surface area contributed by atoms with Crippen LogP contribution in [-0.2, 0) is 9.53 Å². The predicted molar refractivity (Wildman–Crippen MR) is 80.4 cm³/mol. The van der Waals surface area contributed by atoms with E-state index in [2.05, 4.69) is 36.7 Å². The zero-order valence-electron chi connectivity index (χ0n) is 12.1. The molecule has 1 rings (SSSR count). The number of hydrogen-bond acceptors (Lipinski definition) is 4. The largest absolute Gasteiger partial charge is 0.465 e. The summed E-state index contributed by atoms with van der Waals surface area (Å²) < 4.78 is 5.15. The summed E-state index contributed by atoms with van der Waals surface area (Å²) in [5.41, 5.74) is 0. The minimum atomic E-state index is -0.191. The standard InChI is InChI=1S/C15H25NO2S/c1-4-8-12(14-10-7-11-19-14)16-13(9-5-2)15(17)18-6-3/h7,10-13,16H,4-6,8-9H2,1-3H3. The molecular weight excluding hydrogens is 258 g/mol. The molecule has 0 aliphatic heterocycles. The number of ether oxygens (including phenoxy) is 1. The van der Waals surface area contributed by atoms with Crippen molar-refractivity contribution < 1.29 is 9.53 Å². The lowest BCUT2D eigenvalue weighted by molar-refractivity contribution is -0.146. The summed E-state index contributed by atoms with van der Waals surface area (Å²) in [5, 5.41) is 5.56. The second kappa shape index (κ2) is 9.10. The highest BCUT2D eigenvalue weighted by molar-refractivity contribution is 7.10. The van der Waals surface area contributed by atoms with Crippen LogP contribution in [0.1, 0.15) is 57.4 Å². The van der Waals surface area contributed by atoms with Crippen LogP contribution in [0.15, 0.2) is 17.5 Å². The van der Waals surface area contributed by atoms with Crippen molar-refractivity contribution >= 4 is 17.3 Å². The Morgan fingerprint density at radius 1 is 1.32 bits per heavy atom. The SMILES string of the molecule is CCCC(NC(CCC)c1cccs1)C(=O)OCC. The molecule has 19 heavy (non-hydrogen) atoms. The maximum absolute atomic E-state index is 12.0. The molecule has 0 amide bonds. The van der Waals surface area contributed by atoms with E-state index >= 15 is 0 Å². The van der Waals surface area contributed by atoms with Gasteiger partial charge in [0.1, 0.15) is 6.04 Å². The smallest absolute Gasteiger partial charge is 0.323 e. The fourth-order valence-electron chi connectivity index (χ4n) is 2.13. The molecule has 0 fully saturated rings. The van der Waals surface area contributed by atoms with Gasteiger partial charge >= 0.3 is 5.97 Å². The van der Waals surface area contributed by atoms with Gasteiger partial charge in [0.15, 0.2) is 0 Å². The van der Waals surface area contributed by atoms with Crippen molar-refractivity contribution in [3.63, 3.8) is 0 Å². The molecule has 1 aromatic heterocycles. The van der Waals surface area contributed by atoms with Crippen LogP contribution in [0.5, 0.6) is 0 Å². The van der Waals surface area contributed by atoms with E-state index in [0.29, 0.717) is 6.61 Å². The number of rotatable bonds is 9. The number of thiophene rings is 1. The van der Waals surface area contributed by atoms with Crippen LogP contribution < -0.4 is 5.32 Å². The minimum Gasteiger partial charge on any atom is -0.465 e. The Hall–Kier alpha value is -0.870. The molecule has 4 heteroatoms. The maximum Gasteiger partial charge on any atom is 0.323 e. The molecule has 0 saturated heterocycles. The number of hydrogen-bond donors (Lipinski definition) is 1. The van der Waals surface area contributed by atoms with E-state index in [-0.39, 0.29) is 18.1 Å². The fourth-order valence-corrected chi connectivity index (χ4v) is 2.95. The Labute approximate surface area is 120 Å². The average Bonchev–Trinajstić information content (AvgIpc) is 2.91. The van der Waals surface area contributed by atoms with E-state index in [1.54, 1.807) is 11.3 Å². The summed E-state index contributed by atoms with van der Waals surface area (Å²) in [6, 6.07) is 4.25. The second-order valence-corrected chi connectivity index (χ2v) is 5.60. The zero-order valence-corrected chi connectivity index (χ0v) is 13.0. The lowest BCUT2D eigenvalue weighted by Crippen LogP contribution is -2.40. The van der Waals surface area contributed by atoms with E-state index in [1.807, 2.05) is 6.92 Å². The highest BCUT2D eigenvalue weighted by atomic mass is 32.1. The Bertz CT molecular complexity index is 351. The van der Waals surface area contributed by atoms with Crippen molar-refractivity contribution in [3.05, 3.63) is 22.4 Å². The maximum atomic E-state index is 12.0. The van der Waals surface area contributed by atoms with Gasteiger partial charge in [-0.3, -0.25) is 10.1 Å². The molecule has 108 valence electrons. The van der Waals surface area contributed by atoms with Gasteiger partial charge in [0.25, 0.3) is 0 Å². The number of nitrogens with one attached hydrogen (secondary N) is 1. The quantitative estimate of drug-likeness (QED) is 0.698. The first-order chi connectivity index (χ1) is 9.22. The van der Waals surface area contributed by atoms with Crippen LogP contribution in [0, 0.1) is 0 Å². The third kappa shape index (κ3) is 5.33. The van der Waals surface area contributed by atoms with E-state index < -0.39 is 0 Å². The van der Waals surface area contributed by atoms with E-state index in [0.717, 1.165) is 25.7 Å². The van der Waals surface area contributed by atoms with Gasteiger partial charge in [-0.25, -0.2) is 0 Å². The lowest BCUT2D eigenvalue weighted by Gasteiger charge is -2.23. The third-order valence-corrected chi connectivity index (χ3v) is 4.00. The monoisotopic (exact) mass is 283 g/mol. The molecule has 0 aliphatic carbocycles. The Kier molecular flexibility index (Phi) is 7.75. The first-order valence-corrected chi connectivity index (χ1v) is 8.06. The fraction of sp³-hybridized carbons (Fsp3) is 0.667. The highest BCUT2D eigenvalue weighted by Gasteiger charge is 2.23. The number of carbonyl (C=O) groups excluding carboxylic acids is 1. The summed E-state index contributed by atoms with van der Waals surface area (Å²) in [7, 11) is 0. The topological polar surface area (TPSA) is 38.3 Å². The van der Waals surface area contributed by atoms with Gasteiger partial charge in [-0.05, 0) is 31.2 Å². The third-order valence-electron chi connectivity index (χ3n) is 3.01. The van der Waals surface area contributed by atoms with Gasteiger partial charge in [-0.2, -0.15) is 0 Å². The summed E-state index contributed by atoms with van der Waals surface area (Å²) in [5.74, 6) is -0.123. The van der Waals surface area contributed by atoms with Gasteiger partial charge < -0.3 is 4.74 Å². The Balaban J connectivity index is 2.70. The van der Waals surface area contributed by atoms with Crippen LogP contribution >= 0.6 is 11.3 Å². The van der Waals surface area contributed by atoms with Crippen molar-refractivity contribution in [1.82, 2.24) is 5.32 Å². The van der Waals surface area contributed by atoms with E-state index in [4.69, 9.17) is 4.74 Å². The first-order valence-electron chi connectivity index (χ1n) is 7.18. The van der Waals surface area contributed by atoms with Gasteiger partial charge in [-0.15, -0.1) is 11.3 Å². The van der Waals surface area contributed by atoms with Crippen LogP contribution in [0.25, 0.3) is 0 Å². The predicted octanol–water partition coefficient (Wildman–Crippen LogP) is 3.91. The minimum absolute atomic E-state index is 0.123. The van der Waals surface area contributed by atoms with Crippen LogP contribution in [-0.4, -0.2) is 18.6 Å². The molecule has 0 spiro atoms. The summed E-state index contributed by atoms with van der Waals surface area (Å²) in [4.78, 5) is 13.3. The molecule has 1 heterocycles. The van der Waals surface area contributed by atoms with E-state index in [9.17, 15) is 4.79 Å². The van der Waals surface area contributed by atoms with Crippen molar-refractivity contribution in [1.29, 1.82) is 0 Å². The summed E-state index contributed by atoms with van der Waals surface area (Å²) >= 11 is 1.74. The molecule has 1 aromatic rings. The molecule has 0 aliphatic rings. The van der Waals surface area contributed by atoms with E-state index in [1.165, 1.54) is 4.88 Å². The second-order valence-electron chi connectivity index (χ2n) is 4.62. The summed E-state index contributed by atoms with van der Waals surface area (Å²) in [6.45, 7) is 6.55. The Morgan fingerprint density at radius 2 is 2.05 bits per heavy atom. The average molecular weight is 283 g/mol. The normalized spacial score (nSPS) is 14.1. The van der Waals surface area contributed by atoms with Crippen LogP contribution in [0.3, 0.4) is 0 Å². The van der Waals surface area contributed by atoms with Gasteiger partial charge in [0.05, 0.1) is 6.61 Å². The summed E-state index contributed by atoms with van der Waals surface area (Å²) in [6.07, 6.45) is 3.93. The van der Waals surface area contributed by atoms with Gasteiger partial charge in [0.2, 0.25) is 0 Å². The molecular formula is C15H25NO2S. The molecule has 0 aromatic carbocycles. The Morgan fingerprint density at radius 3 is 2.58 bits per heavy atom. The first kappa shape index (κ1) is 16.2. The zero-order chi connectivity index (χ0) is 14.1. The molecule has 3 nitrogen and oxygen atoms in total. The van der Waals surface area contributed by atoms with Crippen molar-refractivity contribution in [3.8, 4) is 0 Å². The number of esters is 1. The van der Waals surface area contributed by atoms with Crippen molar-refractivity contribution in [2.75, 3.05) is 6.61 Å².